The van der Waals surface area contributed by atoms with Crippen molar-refractivity contribution in [2.45, 2.75) is 33.1 Å². The van der Waals surface area contributed by atoms with E-state index in [1.54, 1.807) is 0 Å². The molecule has 0 bridgehead atoms. The summed E-state index contributed by atoms with van der Waals surface area (Å²) in [6.45, 7) is 3.96. The second-order valence-corrected chi connectivity index (χ2v) is 3.43. The number of aromatic nitrogens is 3. The van der Waals surface area contributed by atoms with Crippen LogP contribution < -0.4 is 5.56 Å². The molecule has 0 aromatic carbocycles. The number of hydrogen-bond donors (Lipinski definition) is 1. The highest BCUT2D eigenvalue weighted by atomic mass is 16.5. The minimum atomic E-state index is -0.151. The summed E-state index contributed by atoms with van der Waals surface area (Å²) in [4.78, 5) is 18.7. The standard InChI is InChI=1S/C10H13N3O2/c1-3-5-7-11-9(14)8-6(4-2)13-15-10(8)12-7/h3-5H2,1-2H3,(H,11,12,14). The normalized spacial score (nSPS) is 11.1. The van der Waals surface area contributed by atoms with Gasteiger partial charge in [-0.15, -0.1) is 0 Å². The first-order valence-corrected chi connectivity index (χ1v) is 5.13. The van der Waals surface area contributed by atoms with Gasteiger partial charge in [0.1, 0.15) is 11.2 Å². The largest absolute Gasteiger partial charge is 0.335 e. The van der Waals surface area contributed by atoms with Crippen molar-refractivity contribution in [3.05, 3.63) is 21.9 Å². The molecule has 0 amide bonds. The molecule has 0 saturated carbocycles. The fraction of sp³-hybridized carbons (Fsp3) is 0.500. The quantitative estimate of drug-likeness (QED) is 0.826. The summed E-state index contributed by atoms with van der Waals surface area (Å²) in [7, 11) is 0. The van der Waals surface area contributed by atoms with Crippen LogP contribution >= 0.6 is 0 Å². The van der Waals surface area contributed by atoms with E-state index in [-0.39, 0.29) is 5.56 Å². The molecule has 0 spiro atoms. The molecule has 0 atom stereocenters. The van der Waals surface area contributed by atoms with Crippen molar-refractivity contribution in [1.82, 2.24) is 15.1 Å². The van der Waals surface area contributed by atoms with E-state index >= 15 is 0 Å². The topological polar surface area (TPSA) is 71.8 Å². The molecular weight excluding hydrogens is 194 g/mol. The zero-order valence-corrected chi connectivity index (χ0v) is 8.83. The Hall–Kier alpha value is -1.65. The van der Waals surface area contributed by atoms with Gasteiger partial charge >= 0.3 is 0 Å². The van der Waals surface area contributed by atoms with Crippen LogP contribution in [-0.4, -0.2) is 15.1 Å². The molecule has 2 heterocycles. The van der Waals surface area contributed by atoms with E-state index in [1.807, 2.05) is 13.8 Å². The predicted molar refractivity (Wildman–Crippen MR) is 55.8 cm³/mol. The predicted octanol–water partition coefficient (Wildman–Crippen LogP) is 1.43. The SMILES string of the molecule is CCCc1nc2onc(CC)c2c(=O)[nH]1. The van der Waals surface area contributed by atoms with Gasteiger partial charge in [-0.25, -0.2) is 0 Å². The van der Waals surface area contributed by atoms with E-state index < -0.39 is 0 Å². The lowest BCUT2D eigenvalue weighted by Crippen LogP contribution is -2.11. The molecule has 0 saturated heterocycles. The Morgan fingerprint density at radius 3 is 2.87 bits per heavy atom. The van der Waals surface area contributed by atoms with Crippen molar-refractivity contribution in [2.24, 2.45) is 0 Å². The number of H-pyrrole nitrogens is 1. The van der Waals surface area contributed by atoms with Crippen LogP contribution in [0.5, 0.6) is 0 Å². The maximum absolute atomic E-state index is 11.7. The van der Waals surface area contributed by atoms with E-state index in [1.165, 1.54) is 0 Å². The molecule has 2 aromatic heterocycles. The minimum Gasteiger partial charge on any atom is -0.335 e. The molecule has 5 nitrogen and oxygen atoms in total. The van der Waals surface area contributed by atoms with E-state index in [0.29, 0.717) is 29.0 Å². The van der Waals surface area contributed by atoms with Gasteiger partial charge in [0, 0.05) is 6.42 Å². The Morgan fingerprint density at radius 1 is 1.40 bits per heavy atom. The zero-order chi connectivity index (χ0) is 10.8. The summed E-state index contributed by atoms with van der Waals surface area (Å²) in [5, 5.41) is 4.30. The number of fused-ring (bicyclic) bond motifs is 1. The summed E-state index contributed by atoms with van der Waals surface area (Å²) in [5.74, 6) is 0.661. The molecule has 5 heteroatoms. The number of nitrogens with one attached hydrogen (secondary N) is 1. The van der Waals surface area contributed by atoms with Gasteiger partial charge in [0.2, 0.25) is 0 Å². The van der Waals surface area contributed by atoms with Crippen LogP contribution in [0.1, 0.15) is 31.8 Å². The molecule has 15 heavy (non-hydrogen) atoms. The van der Waals surface area contributed by atoms with Gasteiger partial charge in [-0.1, -0.05) is 19.0 Å². The summed E-state index contributed by atoms with van der Waals surface area (Å²) >= 11 is 0. The Balaban J connectivity index is 2.64. The van der Waals surface area contributed by atoms with Crippen LogP contribution in [0.4, 0.5) is 0 Å². The van der Waals surface area contributed by atoms with Gasteiger partial charge < -0.3 is 9.51 Å². The van der Waals surface area contributed by atoms with Crippen molar-refractivity contribution >= 4 is 11.1 Å². The highest BCUT2D eigenvalue weighted by Gasteiger charge is 2.12. The maximum Gasteiger partial charge on any atom is 0.265 e. The number of aryl methyl sites for hydroxylation is 2. The second kappa shape index (κ2) is 3.84. The first kappa shape index (κ1) is 9.89. The Kier molecular flexibility index (Phi) is 2.53. The summed E-state index contributed by atoms with van der Waals surface area (Å²) in [5.41, 5.74) is 0.863. The first-order chi connectivity index (χ1) is 7.26. The maximum atomic E-state index is 11.7. The molecule has 0 aliphatic heterocycles. The van der Waals surface area contributed by atoms with E-state index in [9.17, 15) is 4.79 Å². The third kappa shape index (κ3) is 1.65. The second-order valence-electron chi connectivity index (χ2n) is 3.43. The lowest BCUT2D eigenvalue weighted by Gasteiger charge is -1.96. The van der Waals surface area contributed by atoms with Gasteiger partial charge in [-0.2, -0.15) is 4.98 Å². The van der Waals surface area contributed by atoms with Gasteiger partial charge in [0.15, 0.2) is 0 Å². The van der Waals surface area contributed by atoms with Crippen molar-refractivity contribution in [1.29, 1.82) is 0 Å². The van der Waals surface area contributed by atoms with Crippen LogP contribution in [0.2, 0.25) is 0 Å². The number of aromatic amines is 1. The Morgan fingerprint density at radius 2 is 2.20 bits per heavy atom. The lowest BCUT2D eigenvalue weighted by molar-refractivity contribution is 0.438. The minimum absolute atomic E-state index is 0.151. The van der Waals surface area contributed by atoms with Gasteiger partial charge in [-0.3, -0.25) is 4.79 Å². The van der Waals surface area contributed by atoms with Crippen LogP contribution in [-0.2, 0) is 12.8 Å². The molecule has 2 rings (SSSR count). The smallest absolute Gasteiger partial charge is 0.265 e. The molecule has 0 aliphatic rings. The van der Waals surface area contributed by atoms with Crippen molar-refractivity contribution in [3.8, 4) is 0 Å². The third-order valence-electron chi connectivity index (χ3n) is 2.29. The van der Waals surface area contributed by atoms with Crippen molar-refractivity contribution in [2.75, 3.05) is 0 Å². The monoisotopic (exact) mass is 207 g/mol. The van der Waals surface area contributed by atoms with Crippen LogP contribution in [0.3, 0.4) is 0 Å². The van der Waals surface area contributed by atoms with Crippen molar-refractivity contribution < 1.29 is 4.52 Å². The van der Waals surface area contributed by atoms with Crippen LogP contribution in [0.15, 0.2) is 9.32 Å². The molecule has 0 aliphatic carbocycles. The molecule has 2 aromatic rings. The molecule has 0 radical (unpaired) electrons. The third-order valence-corrected chi connectivity index (χ3v) is 2.29. The van der Waals surface area contributed by atoms with Crippen LogP contribution in [0.25, 0.3) is 11.1 Å². The van der Waals surface area contributed by atoms with E-state index in [0.717, 1.165) is 12.8 Å². The molecule has 0 fully saturated rings. The highest BCUT2D eigenvalue weighted by molar-refractivity contribution is 5.74. The molecule has 0 unspecified atom stereocenters. The summed E-state index contributed by atoms with van der Waals surface area (Å²) < 4.78 is 5.03. The molecule has 1 N–H and O–H groups in total. The van der Waals surface area contributed by atoms with E-state index in [2.05, 4.69) is 15.1 Å². The summed E-state index contributed by atoms with van der Waals surface area (Å²) in [6.07, 6.45) is 2.35. The summed E-state index contributed by atoms with van der Waals surface area (Å²) in [6, 6.07) is 0. The van der Waals surface area contributed by atoms with Crippen LogP contribution in [0, 0.1) is 0 Å². The van der Waals surface area contributed by atoms with E-state index in [4.69, 9.17) is 4.52 Å². The lowest BCUT2D eigenvalue weighted by atomic mass is 10.2. The Labute approximate surface area is 86.5 Å². The number of rotatable bonds is 3. The van der Waals surface area contributed by atoms with Gasteiger partial charge in [-0.05, 0) is 12.8 Å². The zero-order valence-electron chi connectivity index (χ0n) is 8.83. The molecular formula is C10H13N3O2. The Bertz CT molecular complexity index is 527. The average molecular weight is 207 g/mol. The van der Waals surface area contributed by atoms with Gasteiger partial charge in [0.25, 0.3) is 11.3 Å². The number of nitrogens with zero attached hydrogens (tertiary/aromatic N) is 2. The van der Waals surface area contributed by atoms with Gasteiger partial charge in [0.05, 0.1) is 5.69 Å². The number of hydrogen-bond acceptors (Lipinski definition) is 4. The fourth-order valence-corrected chi connectivity index (χ4v) is 1.56. The molecule has 80 valence electrons. The van der Waals surface area contributed by atoms with Crippen molar-refractivity contribution in [3.63, 3.8) is 0 Å². The fourth-order valence-electron chi connectivity index (χ4n) is 1.56. The average Bonchev–Trinajstić information content (AvgIpc) is 2.61. The first-order valence-electron chi connectivity index (χ1n) is 5.13. The highest BCUT2D eigenvalue weighted by Crippen LogP contribution is 2.12.